The van der Waals surface area contributed by atoms with Crippen molar-refractivity contribution in [2.45, 2.75) is 45.6 Å². The molecule has 1 atom stereocenters. The second-order valence-corrected chi connectivity index (χ2v) is 4.41. The van der Waals surface area contributed by atoms with E-state index in [1.54, 1.807) is 4.90 Å². The van der Waals surface area contributed by atoms with Crippen LogP contribution < -0.4 is 0 Å². The number of hydrogen-bond donors (Lipinski definition) is 1. The first-order valence-corrected chi connectivity index (χ1v) is 6.40. The summed E-state index contributed by atoms with van der Waals surface area (Å²) in [5.74, 6) is -0.884. The molecule has 1 aliphatic rings. The normalized spacial score (nSPS) is 20.1. The third-order valence-electron chi connectivity index (χ3n) is 3.18. The topological polar surface area (TPSA) is 60.9 Å². The molecule has 1 heterocycles. The van der Waals surface area contributed by atoms with Crippen LogP contribution in [0.25, 0.3) is 0 Å². The number of likely N-dealkylation sites (tertiary alicyclic amines) is 1. The van der Waals surface area contributed by atoms with Gasteiger partial charge in [-0.25, -0.2) is 9.59 Å². The Bertz CT molecular complexity index is 281. The van der Waals surface area contributed by atoms with Gasteiger partial charge in [0, 0.05) is 19.6 Å². The molecule has 1 fully saturated rings. The molecule has 0 aromatic carbocycles. The summed E-state index contributed by atoms with van der Waals surface area (Å²) in [5.41, 5.74) is 0. The Morgan fingerprint density at radius 2 is 2.06 bits per heavy atom. The highest BCUT2D eigenvalue weighted by Gasteiger charge is 2.33. The van der Waals surface area contributed by atoms with E-state index in [0.29, 0.717) is 26.1 Å². The van der Waals surface area contributed by atoms with Crippen molar-refractivity contribution >= 4 is 12.0 Å². The number of urea groups is 1. The molecular weight excluding hydrogens is 220 g/mol. The second-order valence-electron chi connectivity index (χ2n) is 4.41. The van der Waals surface area contributed by atoms with E-state index in [0.717, 1.165) is 19.3 Å². The molecule has 1 aliphatic heterocycles. The van der Waals surface area contributed by atoms with Gasteiger partial charge in [0.25, 0.3) is 0 Å². The average Bonchev–Trinajstić information content (AvgIpc) is 2.35. The van der Waals surface area contributed by atoms with E-state index in [-0.39, 0.29) is 6.03 Å². The number of piperidine rings is 1. The fourth-order valence-corrected chi connectivity index (χ4v) is 2.26. The summed E-state index contributed by atoms with van der Waals surface area (Å²) in [6.07, 6.45) is 3.26. The van der Waals surface area contributed by atoms with E-state index in [9.17, 15) is 9.59 Å². The van der Waals surface area contributed by atoms with Gasteiger partial charge >= 0.3 is 12.0 Å². The van der Waals surface area contributed by atoms with Crippen LogP contribution >= 0.6 is 0 Å². The Hall–Kier alpha value is -1.26. The number of rotatable bonds is 4. The highest BCUT2D eigenvalue weighted by atomic mass is 16.4. The van der Waals surface area contributed by atoms with Crippen LogP contribution in [0, 0.1) is 0 Å². The van der Waals surface area contributed by atoms with Gasteiger partial charge in [-0.1, -0.05) is 6.92 Å². The second kappa shape index (κ2) is 6.47. The van der Waals surface area contributed by atoms with Crippen molar-refractivity contribution in [1.29, 1.82) is 0 Å². The molecular formula is C12H22N2O3. The average molecular weight is 242 g/mol. The summed E-state index contributed by atoms with van der Waals surface area (Å²) in [4.78, 5) is 26.6. The highest BCUT2D eigenvalue weighted by Crippen LogP contribution is 2.19. The van der Waals surface area contributed by atoms with Gasteiger partial charge in [-0.3, -0.25) is 0 Å². The van der Waals surface area contributed by atoms with Crippen LogP contribution in [0.5, 0.6) is 0 Å². The molecule has 1 saturated heterocycles. The predicted octanol–water partition coefficient (Wildman–Crippen LogP) is 1.78. The SMILES string of the molecule is CCCN(CC)C(=O)N1CCCC[C@H]1C(=O)O. The van der Waals surface area contributed by atoms with Gasteiger partial charge in [-0.15, -0.1) is 0 Å². The summed E-state index contributed by atoms with van der Waals surface area (Å²) in [5, 5.41) is 9.13. The number of carboxylic acids is 1. The molecule has 0 radical (unpaired) electrons. The van der Waals surface area contributed by atoms with Crippen LogP contribution in [0.1, 0.15) is 39.5 Å². The molecule has 0 saturated carbocycles. The number of aliphatic carboxylic acids is 1. The van der Waals surface area contributed by atoms with Crippen LogP contribution in [0.2, 0.25) is 0 Å². The largest absolute Gasteiger partial charge is 0.480 e. The summed E-state index contributed by atoms with van der Waals surface area (Å²) in [7, 11) is 0. The minimum absolute atomic E-state index is 0.124. The zero-order valence-corrected chi connectivity index (χ0v) is 10.7. The van der Waals surface area contributed by atoms with E-state index in [1.165, 1.54) is 4.90 Å². The zero-order valence-electron chi connectivity index (χ0n) is 10.7. The van der Waals surface area contributed by atoms with Crippen molar-refractivity contribution in [1.82, 2.24) is 9.80 Å². The highest BCUT2D eigenvalue weighted by molar-refractivity contribution is 5.82. The maximum Gasteiger partial charge on any atom is 0.326 e. The maximum absolute atomic E-state index is 12.2. The van der Waals surface area contributed by atoms with E-state index in [1.807, 2.05) is 13.8 Å². The Morgan fingerprint density at radius 1 is 1.35 bits per heavy atom. The van der Waals surface area contributed by atoms with Crippen LogP contribution in [0.4, 0.5) is 4.79 Å². The van der Waals surface area contributed by atoms with E-state index >= 15 is 0 Å². The molecule has 0 aromatic rings. The van der Waals surface area contributed by atoms with Crippen LogP contribution in [-0.4, -0.2) is 52.6 Å². The Kier molecular flexibility index (Phi) is 5.25. The lowest BCUT2D eigenvalue weighted by molar-refractivity contribution is -0.143. The van der Waals surface area contributed by atoms with Crippen molar-refractivity contribution in [3.8, 4) is 0 Å². The Morgan fingerprint density at radius 3 is 2.59 bits per heavy atom. The van der Waals surface area contributed by atoms with Crippen molar-refractivity contribution in [3.05, 3.63) is 0 Å². The standard InChI is InChI=1S/C12H22N2O3/c1-3-8-13(4-2)12(17)14-9-6-5-7-10(14)11(15)16/h10H,3-9H2,1-2H3,(H,15,16)/t10-/m0/s1. The van der Waals surface area contributed by atoms with Gasteiger partial charge < -0.3 is 14.9 Å². The number of hydrogen-bond acceptors (Lipinski definition) is 2. The molecule has 0 aliphatic carbocycles. The van der Waals surface area contributed by atoms with Crippen molar-refractivity contribution < 1.29 is 14.7 Å². The first-order valence-electron chi connectivity index (χ1n) is 6.40. The van der Waals surface area contributed by atoms with Crippen molar-refractivity contribution in [2.75, 3.05) is 19.6 Å². The summed E-state index contributed by atoms with van der Waals surface area (Å²) < 4.78 is 0. The van der Waals surface area contributed by atoms with Crippen molar-refractivity contribution in [3.63, 3.8) is 0 Å². The molecule has 1 rings (SSSR count). The van der Waals surface area contributed by atoms with E-state index in [4.69, 9.17) is 5.11 Å². The third kappa shape index (κ3) is 3.35. The van der Waals surface area contributed by atoms with E-state index < -0.39 is 12.0 Å². The van der Waals surface area contributed by atoms with Gasteiger partial charge in [-0.2, -0.15) is 0 Å². The van der Waals surface area contributed by atoms with Gasteiger partial charge in [0.05, 0.1) is 0 Å². The number of carboxylic acid groups (broad SMARTS) is 1. The van der Waals surface area contributed by atoms with Gasteiger partial charge in [0.1, 0.15) is 6.04 Å². The Labute approximate surface area is 102 Å². The van der Waals surface area contributed by atoms with Gasteiger partial charge in [0.2, 0.25) is 0 Å². The molecule has 98 valence electrons. The smallest absolute Gasteiger partial charge is 0.326 e. The minimum Gasteiger partial charge on any atom is -0.480 e. The fourth-order valence-electron chi connectivity index (χ4n) is 2.26. The van der Waals surface area contributed by atoms with Crippen LogP contribution in [-0.2, 0) is 4.79 Å². The molecule has 0 bridgehead atoms. The summed E-state index contributed by atoms with van der Waals surface area (Å²) >= 11 is 0. The number of carbonyl (C=O) groups excluding carboxylic acids is 1. The molecule has 17 heavy (non-hydrogen) atoms. The Balaban J connectivity index is 2.73. The lowest BCUT2D eigenvalue weighted by atomic mass is 10.0. The van der Waals surface area contributed by atoms with Gasteiger partial charge in [0.15, 0.2) is 0 Å². The number of amides is 2. The molecule has 2 amide bonds. The molecule has 1 N–H and O–H groups in total. The molecule has 5 heteroatoms. The maximum atomic E-state index is 12.2. The number of nitrogens with zero attached hydrogens (tertiary/aromatic N) is 2. The monoisotopic (exact) mass is 242 g/mol. The lowest BCUT2D eigenvalue weighted by Crippen LogP contribution is -2.53. The quantitative estimate of drug-likeness (QED) is 0.817. The molecule has 0 unspecified atom stereocenters. The molecule has 0 spiro atoms. The lowest BCUT2D eigenvalue weighted by Gasteiger charge is -2.36. The fraction of sp³-hybridized carbons (Fsp3) is 0.833. The van der Waals surface area contributed by atoms with Crippen LogP contribution in [0.15, 0.2) is 0 Å². The third-order valence-corrected chi connectivity index (χ3v) is 3.18. The summed E-state index contributed by atoms with van der Waals surface area (Å²) in [6.45, 7) is 5.83. The molecule has 5 nitrogen and oxygen atoms in total. The first-order chi connectivity index (χ1) is 8.11. The molecule has 0 aromatic heterocycles. The predicted molar refractivity (Wildman–Crippen MR) is 64.9 cm³/mol. The zero-order chi connectivity index (χ0) is 12.8. The van der Waals surface area contributed by atoms with Crippen molar-refractivity contribution in [2.24, 2.45) is 0 Å². The van der Waals surface area contributed by atoms with E-state index in [2.05, 4.69) is 0 Å². The minimum atomic E-state index is -0.884. The van der Waals surface area contributed by atoms with Gasteiger partial charge in [-0.05, 0) is 32.6 Å². The number of carbonyl (C=O) groups is 2. The first kappa shape index (κ1) is 13.8. The summed E-state index contributed by atoms with van der Waals surface area (Å²) in [6, 6.07) is -0.761. The van der Waals surface area contributed by atoms with Crippen LogP contribution in [0.3, 0.4) is 0 Å².